The van der Waals surface area contributed by atoms with E-state index in [4.69, 9.17) is 5.73 Å². The lowest BCUT2D eigenvalue weighted by Gasteiger charge is -2.53. The molecule has 96 valence electrons. The smallest absolute Gasteiger partial charge is 0.240 e. The van der Waals surface area contributed by atoms with Crippen LogP contribution in [0.4, 0.5) is 0 Å². The van der Waals surface area contributed by atoms with Gasteiger partial charge in [-0.2, -0.15) is 0 Å². The Bertz CT molecular complexity index is 332. The fraction of sp³-hybridized carbons (Fsp3) is 0.846. The van der Waals surface area contributed by atoms with Gasteiger partial charge in [0.2, 0.25) is 11.8 Å². The molecule has 0 aromatic heterocycles. The van der Waals surface area contributed by atoms with Crippen molar-refractivity contribution in [1.82, 2.24) is 4.90 Å². The first kappa shape index (κ1) is 12.4. The van der Waals surface area contributed by atoms with Crippen LogP contribution >= 0.6 is 0 Å². The monoisotopic (exact) mass is 238 g/mol. The van der Waals surface area contributed by atoms with Crippen LogP contribution in [0.3, 0.4) is 0 Å². The van der Waals surface area contributed by atoms with Crippen LogP contribution in [0.15, 0.2) is 0 Å². The number of nitrogens with two attached hydrogens (primary N) is 1. The molecule has 2 amide bonds. The highest BCUT2D eigenvalue weighted by atomic mass is 16.2. The number of β-lactam (4-membered cyclic amide) rings is 1. The van der Waals surface area contributed by atoms with Crippen molar-refractivity contribution in [2.75, 3.05) is 6.54 Å². The summed E-state index contributed by atoms with van der Waals surface area (Å²) in [6, 6.07) is -0.396. The molecule has 1 spiro atoms. The first-order chi connectivity index (χ1) is 8.00. The summed E-state index contributed by atoms with van der Waals surface area (Å²) in [5.41, 5.74) is 5.18. The first-order valence-corrected chi connectivity index (χ1v) is 6.60. The minimum Gasteiger partial charge on any atom is -0.368 e. The van der Waals surface area contributed by atoms with Crippen molar-refractivity contribution in [3.63, 3.8) is 0 Å². The zero-order valence-electron chi connectivity index (χ0n) is 10.7. The van der Waals surface area contributed by atoms with Gasteiger partial charge in [-0.15, -0.1) is 0 Å². The van der Waals surface area contributed by atoms with Gasteiger partial charge >= 0.3 is 0 Å². The highest BCUT2D eigenvalue weighted by molar-refractivity contribution is 5.94. The quantitative estimate of drug-likeness (QED) is 0.753. The van der Waals surface area contributed by atoms with Crippen molar-refractivity contribution in [1.29, 1.82) is 0 Å². The number of carbonyl (C=O) groups excluding carboxylic acids is 2. The van der Waals surface area contributed by atoms with E-state index in [9.17, 15) is 9.59 Å². The van der Waals surface area contributed by atoms with Gasteiger partial charge in [0.15, 0.2) is 0 Å². The second kappa shape index (κ2) is 4.31. The Morgan fingerprint density at radius 2 is 2.12 bits per heavy atom. The number of hydrogen-bond acceptors (Lipinski definition) is 2. The topological polar surface area (TPSA) is 63.4 Å². The van der Waals surface area contributed by atoms with Crippen molar-refractivity contribution in [2.45, 2.75) is 52.0 Å². The molecule has 0 aromatic rings. The van der Waals surface area contributed by atoms with Gasteiger partial charge in [-0.25, -0.2) is 0 Å². The number of amides is 2. The number of hydrogen-bond donors (Lipinski definition) is 1. The minimum atomic E-state index is -0.396. The lowest BCUT2D eigenvalue weighted by Crippen LogP contribution is -2.67. The van der Waals surface area contributed by atoms with Gasteiger partial charge in [0.1, 0.15) is 6.04 Å². The van der Waals surface area contributed by atoms with Crippen LogP contribution in [-0.4, -0.2) is 29.3 Å². The van der Waals surface area contributed by atoms with Crippen LogP contribution in [0, 0.1) is 11.3 Å². The second-order valence-corrected chi connectivity index (χ2v) is 5.72. The van der Waals surface area contributed by atoms with Crippen molar-refractivity contribution >= 4 is 11.8 Å². The van der Waals surface area contributed by atoms with Gasteiger partial charge in [0, 0.05) is 6.54 Å². The number of rotatable bonds is 3. The van der Waals surface area contributed by atoms with Gasteiger partial charge in [-0.1, -0.05) is 13.8 Å². The molecule has 1 saturated heterocycles. The molecule has 0 unspecified atom stereocenters. The summed E-state index contributed by atoms with van der Waals surface area (Å²) in [5, 5.41) is 0. The average molecular weight is 238 g/mol. The number of primary amides is 1. The molecule has 0 bridgehead atoms. The molecule has 17 heavy (non-hydrogen) atoms. The summed E-state index contributed by atoms with van der Waals surface area (Å²) in [6.07, 6.45) is 4.85. The molecule has 1 saturated carbocycles. The summed E-state index contributed by atoms with van der Waals surface area (Å²) in [6.45, 7) is 4.88. The summed E-state index contributed by atoms with van der Waals surface area (Å²) in [4.78, 5) is 25.2. The molecular formula is C13H22N2O2. The normalized spacial score (nSPS) is 34.6. The van der Waals surface area contributed by atoms with Crippen molar-refractivity contribution in [3.8, 4) is 0 Å². The third-order valence-electron chi connectivity index (χ3n) is 4.51. The maximum atomic E-state index is 12.3. The number of likely N-dealkylation sites (tertiary alicyclic amines) is 1. The summed E-state index contributed by atoms with van der Waals surface area (Å²) < 4.78 is 0. The molecule has 4 nitrogen and oxygen atoms in total. The first-order valence-electron chi connectivity index (χ1n) is 6.60. The summed E-state index contributed by atoms with van der Waals surface area (Å²) in [5.74, 6) is 0.524. The molecule has 1 aliphatic heterocycles. The van der Waals surface area contributed by atoms with Crippen LogP contribution in [0.5, 0.6) is 0 Å². The average Bonchev–Trinajstić information content (AvgIpc) is 2.30. The fourth-order valence-electron chi connectivity index (χ4n) is 3.19. The van der Waals surface area contributed by atoms with Gasteiger partial charge in [0.25, 0.3) is 0 Å². The largest absolute Gasteiger partial charge is 0.368 e. The highest BCUT2D eigenvalue weighted by Crippen LogP contribution is 2.47. The molecule has 2 fully saturated rings. The van der Waals surface area contributed by atoms with Crippen molar-refractivity contribution < 1.29 is 9.59 Å². The number of nitrogens with zero attached hydrogens (tertiary/aromatic N) is 1. The minimum absolute atomic E-state index is 0.143. The Hall–Kier alpha value is -1.06. The van der Waals surface area contributed by atoms with E-state index in [2.05, 4.69) is 6.92 Å². The second-order valence-electron chi connectivity index (χ2n) is 5.72. The summed E-state index contributed by atoms with van der Waals surface area (Å²) >= 11 is 0. The van der Waals surface area contributed by atoms with E-state index in [1.54, 1.807) is 4.90 Å². The zero-order valence-corrected chi connectivity index (χ0v) is 10.7. The Morgan fingerprint density at radius 1 is 1.53 bits per heavy atom. The van der Waals surface area contributed by atoms with E-state index in [1.165, 1.54) is 0 Å². The molecule has 0 radical (unpaired) electrons. The predicted octanol–water partition coefficient (Wildman–Crippen LogP) is 1.29. The molecule has 0 aromatic carbocycles. The van der Waals surface area contributed by atoms with Crippen molar-refractivity contribution in [3.05, 3.63) is 0 Å². The molecule has 1 atom stereocenters. The van der Waals surface area contributed by atoms with Crippen molar-refractivity contribution in [2.24, 2.45) is 17.1 Å². The fourth-order valence-corrected chi connectivity index (χ4v) is 3.19. The zero-order chi connectivity index (χ0) is 12.6. The van der Waals surface area contributed by atoms with Crippen LogP contribution in [0.1, 0.15) is 46.0 Å². The maximum absolute atomic E-state index is 12.3. The van der Waals surface area contributed by atoms with E-state index >= 15 is 0 Å². The summed E-state index contributed by atoms with van der Waals surface area (Å²) in [7, 11) is 0. The van der Waals surface area contributed by atoms with Crippen LogP contribution in [0.25, 0.3) is 0 Å². The SMILES string of the molecule is CC[C@@H](C(N)=O)N1CC2(CCC(C)CC2)C1=O. The molecule has 2 aliphatic rings. The van der Waals surface area contributed by atoms with Gasteiger partial charge < -0.3 is 10.6 Å². The van der Waals surface area contributed by atoms with E-state index in [0.717, 1.165) is 38.1 Å². The maximum Gasteiger partial charge on any atom is 0.240 e. The van der Waals surface area contributed by atoms with Crippen LogP contribution in [0.2, 0.25) is 0 Å². The number of carbonyl (C=O) groups is 2. The van der Waals surface area contributed by atoms with Crippen LogP contribution < -0.4 is 5.73 Å². The Labute approximate surface area is 103 Å². The predicted molar refractivity (Wildman–Crippen MR) is 65.1 cm³/mol. The lowest BCUT2D eigenvalue weighted by atomic mass is 9.65. The third kappa shape index (κ3) is 1.94. The van der Waals surface area contributed by atoms with E-state index in [0.29, 0.717) is 6.42 Å². The standard InChI is InChI=1S/C13H22N2O2/c1-3-10(11(14)16)15-8-13(12(15)17)6-4-9(2)5-7-13/h9-10H,3-8H2,1-2H3,(H2,14,16)/t9?,10-,13?/m0/s1. The molecule has 2 N–H and O–H groups in total. The van der Waals surface area contributed by atoms with Gasteiger partial charge in [0.05, 0.1) is 5.41 Å². The van der Waals surface area contributed by atoms with Crippen LogP contribution in [-0.2, 0) is 9.59 Å². The Kier molecular flexibility index (Phi) is 3.15. The molecule has 1 aliphatic carbocycles. The van der Waals surface area contributed by atoms with Gasteiger partial charge in [-0.3, -0.25) is 9.59 Å². The Balaban J connectivity index is 2.01. The van der Waals surface area contributed by atoms with E-state index < -0.39 is 6.04 Å². The Morgan fingerprint density at radius 3 is 2.53 bits per heavy atom. The lowest BCUT2D eigenvalue weighted by molar-refractivity contribution is -0.171. The molecule has 4 heteroatoms. The van der Waals surface area contributed by atoms with Gasteiger partial charge in [-0.05, 0) is 38.0 Å². The molecule has 1 heterocycles. The highest BCUT2D eigenvalue weighted by Gasteiger charge is 2.55. The van der Waals surface area contributed by atoms with E-state index in [-0.39, 0.29) is 17.2 Å². The van der Waals surface area contributed by atoms with E-state index in [1.807, 2.05) is 6.92 Å². The molecular weight excluding hydrogens is 216 g/mol. The third-order valence-corrected chi connectivity index (χ3v) is 4.51. The molecule has 2 rings (SSSR count).